The van der Waals surface area contributed by atoms with Crippen LogP contribution in [-0.4, -0.2) is 96.6 Å². The molecular weight excluding hydrogens is 1170 g/mol. The van der Waals surface area contributed by atoms with Crippen molar-refractivity contribution in [1.29, 1.82) is 0 Å². The van der Waals surface area contributed by atoms with E-state index in [9.17, 15) is 9.59 Å². The van der Waals surface area contributed by atoms with Crippen molar-refractivity contribution in [3.05, 3.63) is 106 Å². The molecule has 2 spiro atoms. The molecule has 2 aromatic rings. The van der Waals surface area contributed by atoms with E-state index in [0.29, 0.717) is 31.3 Å². The zero-order valence-electron chi connectivity index (χ0n) is 55.8. The number of hydrogen-bond acceptors (Lipinski definition) is 13. The zero-order valence-corrected chi connectivity index (χ0v) is 56.6. The molecule has 2 aromatic carbocycles. The van der Waals surface area contributed by atoms with Gasteiger partial charge in [0.15, 0.2) is 29.5 Å². The van der Waals surface area contributed by atoms with Gasteiger partial charge in [-0.15, -0.1) is 0 Å². The Balaban J connectivity index is 0.593. The highest BCUT2D eigenvalue weighted by Gasteiger charge is 2.73. The van der Waals surface area contributed by atoms with Crippen LogP contribution in [-0.2, 0) is 58.8 Å². The van der Waals surface area contributed by atoms with Crippen LogP contribution in [0, 0.1) is 40.9 Å². The minimum Gasteiger partial charge on any atom is -0.420 e. The number of unbranched alkanes of at least 4 members (excludes halogenated alkanes) is 6. The fraction of sp³-hybridized carbons (Fsp3) is 0.689. The Labute approximate surface area is 545 Å². The number of carbonyl (C=O) groups is 2. The third-order valence-corrected chi connectivity index (χ3v) is 24.3. The molecule has 2 unspecified atom stereocenters. The first kappa shape index (κ1) is 65.1. The van der Waals surface area contributed by atoms with Crippen molar-refractivity contribution >= 4 is 40.9 Å². The second-order valence-electron chi connectivity index (χ2n) is 30.5. The average Bonchev–Trinajstić information content (AvgIpc) is 1.69. The van der Waals surface area contributed by atoms with Crippen molar-refractivity contribution < 1.29 is 62.1 Å². The molecule has 10 aliphatic heterocycles. The highest BCUT2D eigenvalue weighted by atomic mass is 35.5. The van der Waals surface area contributed by atoms with Crippen molar-refractivity contribution in [1.82, 2.24) is 10.6 Å². The number of nitrogens with zero attached hydrogens (tertiary/aromatic N) is 2. The summed E-state index contributed by atoms with van der Waals surface area (Å²) in [6.07, 6.45) is 24.1. The number of nitrogens with one attached hydrogen (secondary N) is 2. The van der Waals surface area contributed by atoms with E-state index in [0.717, 1.165) is 140 Å². The summed E-state index contributed by atoms with van der Waals surface area (Å²) in [6, 6.07) is 17.6. The van der Waals surface area contributed by atoms with Crippen LogP contribution >= 0.6 is 11.6 Å². The molecule has 2 amide bonds. The predicted octanol–water partition coefficient (Wildman–Crippen LogP) is 16.0. The molecule has 2 N–H and O–H groups in total. The number of halogens is 1. The second-order valence-corrected chi connectivity index (χ2v) is 30.9. The molecule has 2 saturated carbocycles. The minimum atomic E-state index is -0.889. The topological polar surface area (TPSA) is 157 Å². The van der Waals surface area contributed by atoms with Gasteiger partial charge in [0, 0.05) is 102 Å². The van der Waals surface area contributed by atoms with Gasteiger partial charge in [-0.25, -0.2) is 29.1 Å². The summed E-state index contributed by atoms with van der Waals surface area (Å²) < 4.78 is 40.4. The van der Waals surface area contributed by atoms with Gasteiger partial charge in [0.05, 0.1) is 5.41 Å². The van der Waals surface area contributed by atoms with E-state index in [1.54, 1.807) is 0 Å². The Hall–Kier alpha value is -4.62. The molecule has 0 radical (unpaired) electrons. The van der Waals surface area contributed by atoms with Crippen LogP contribution in [0.3, 0.4) is 0 Å². The predicted molar refractivity (Wildman–Crippen MR) is 348 cm³/mol. The van der Waals surface area contributed by atoms with E-state index in [1.807, 2.05) is 13.8 Å². The van der Waals surface area contributed by atoms with E-state index in [1.165, 1.54) is 45.1 Å². The Morgan fingerprint density at radius 2 is 1.33 bits per heavy atom. The van der Waals surface area contributed by atoms with Gasteiger partial charge < -0.3 is 44.0 Å². The SMILES string of the molecule is C[C@@H]1C(OC(=O)NCCCCCCN2/C(=C/C=C3\CCCC(/C=C/C4=[N+](CCCCCCNC(=O)OC5C[C@]6(C)CC[C@H](C)[C@H]7CC[C@@]8(C)OO[C@@]76[C@@H](O5)O8)c5ccccc5C4(C)C)=C3Cl)C(C)(C)c3ccccc32)O[C@H]2O[C@]3(C)CC[C@@H]4[C@@H](C)CC[C@H]1[C@]24OO3. The number of anilines is 1. The number of carbonyl (C=O) groups excluding carboxylic acids is 2. The molecule has 8 saturated heterocycles. The molecule has 91 heavy (non-hydrogen) atoms. The smallest absolute Gasteiger partial charge is 0.409 e. The van der Waals surface area contributed by atoms with Gasteiger partial charge in [-0.2, -0.15) is 4.58 Å². The molecule has 13 aliphatic rings. The molecule has 16 nitrogen and oxygen atoms in total. The molecule has 496 valence electrons. The number of amides is 2. The monoisotopic (exact) mass is 1270 g/mol. The number of rotatable bonds is 19. The standard InChI is InChI=1S/C74H101ClN4O12/c1-47-30-33-54-49(3)63(84-64-73(54)52(47)37-40-71(9,86-64)88-90-73)85-67(81)77-43-20-12-14-22-45-79-58-29-18-16-27-56(58)69(6,7)60(79)35-32-51-25-23-24-50(62(51)75)31-34-59-68(4,5)55-26-15-17-28-57(55)78(59)44-21-13-11-19-42-76-66(80)83-61-46-70(8)39-36-48(2)53-38-41-72(10)87-65(82-61)74(53,70)91-89-72/h15-18,26-29,31-32,34-35,47-49,52-54,61,63-65H,11-14,19-25,30,33,36-46H2,1-10H3,(H-,76,77,80,81)/p+1/t47-,48-,49-,52+,53+,54+,61?,63?,64-,65-,70-,71-,72+,73-,74+/m0/s1. The Bertz CT molecular complexity index is 3230. The molecule has 17 heteroatoms. The van der Waals surface area contributed by atoms with Crippen molar-refractivity contribution in [2.45, 2.75) is 256 Å². The zero-order chi connectivity index (χ0) is 63.7. The summed E-state index contributed by atoms with van der Waals surface area (Å²) >= 11 is 7.47. The Kier molecular flexibility index (Phi) is 18.2. The number of para-hydroxylation sites is 2. The van der Waals surface area contributed by atoms with Crippen LogP contribution in [0.4, 0.5) is 21.0 Å². The van der Waals surface area contributed by atoms with Crippen molar-refractivity contribution in [2.75, 3.05) is 31.1 Å². The van der Waals surface area contributed by atoms with Crippen LogP contribution in [0.1, 0.15) is 209 Å². The fourth-order valence-corrected chi connectivity index (χ4v) is 18.8. The second kappa shape index (κ2) is 25.5. The first-order chi connectivity index (χ1) is 43.6. The highest BCUT2D eigenvalue weighted by molar-refractivity contribution is 6.32. The van der Waals surface area contributed by atoms with Crippen LogP contribution in [0.2, 0.25) is 0 Å². The number of fused-ring (bicyclic) bond motifs is 6. The lowest BCUT2D eigenvalue weighted by Gasteiger charge is -2.62. The molecule has 15 rings (SSSR count). The average molecular weight is 1280 g/mol. The van der Waals surface area contributed by atoms with E-state index in [-0.39, 0.29) is 39.9 Å². The van der Waals surface area contributed by atoms with E-state index in [2.05, 4.69) is 148 Å². The van der Waals surface area contributed by atoms with E-state index < -0.39 is 60.1 Å². The summed E-state index contributed by atoms with van der Waals surface area (Å²) in [5.74, 6) is -0.355. The summed E-state index contributed by atoms with van der Waals surface area (Å²) in [7, 11) is 0. The maximum atomic E-state index is 13.3. The summed E-state index contributed by atoms with van der Waals surface area (Å²) in [4.78, 5) is 53.6. The van der Waals surface area contributed by atoms with Crippen LogP contribution in [0.5, 0.6) is 0 Å². The number of hydrogen-bond donors (Lipinski definition) is 2. The van der Waals surface area contributed by atoms with Gasteiger partial charge >= 0.3 is 12.2 Å². The van der Waals surface area contributed by atoms with Crippen LogP contribution in [0.25, 0.3) is 0 Å². The first-order valence-corrected chi connectivity index (χ1v) is 35.4. The van der Waals surface area contributed by atoms with Gasteiger partial charge in [-0.3, -0.25) is 0 Å². The maximum Gasteiger partial charge on any atom is 0.409 e. The number of benzene rings is 2. The normalized spacial score (nSPS) is 38.3. The van der Waals surface area contributed by atoms with Crippen LogP contribution in [0.15, 0.2) is 94.7 Å². The van der Waals surface area contributed by atoms with Crippen molar-refractivity contribution in [3.63, 3.8) is 0 Å². The lowest BCUT2D eigenvalue weighted by Crippen LogP contribution is -2.72. The van der Waals surface area contributed by atoms with Gasteiger partial charge in [0.25, 0.3) is 0 Å². The quantitative estimate of drug-likeness (QED) is 0.0779. The summed E-state index contributed by atoms with van der Waals surface area (Å²) in [5, 5.41) is 6.88. The lowest BCUT2D eigenvalue weighted by atomic mass is 9.53. The lowest BCUT2D eigenvalue weighted by molar-refractivity contribution is -0.581. The molecule has 10 heterocycles. The third kappa shape index (κ3) is 11.8. The molecule has 4 bridgehead atoms. The molecule has 0 aromatic heterocycles. The molecular formula is C74H102ClN4O12+. The van der Waals surface area contributed by atoms with E-state index in [4.69, 9.17) is 59.6 Å². The number of allylic oxidation sites excluding steroid dienone is 8. The van der Waals surface area contributed by atoms with Gasteiger partial charge in [0.1, 0.15) is 6.54 Å². The number of ether oxygens (including phenoxy) is 6. The minimum absolute atomic E-state index is 0.0761. The fourth-order valence-electron chi connectivity index (χ4n) is 18.5. The summed E-state index contributed by atoms with van der Waals surface area (Å²) in [5.41, 5.74) is 7.95. The van der Waals surface area contributed by atoms with Crippen molar-refractivity contribution in [2.24, 2.45) is 40.9 Å². The Morgan fingerprint density at radius 1 is 0.659 bits per heavy atom. The summed E-state index contributed by atoms with van der Waals surface area (Å²) in [6.45, 7) is 24.9. The first-order valence-electron chi connectivity index (χ1n) is 35.0. The Morgan fingerprint density at radius 3 is 2.11 bits per heavy atom. The van der Waals surface area contributed by atoms with Gasteiger partial charge in [-0.1, -0.05) is 121 Å². The third-order valence-electron chi connectivity index (χ3n) is 23.9. The number of alkyl carbamates (subject to hydrolysis) is 2. The van der Waals surface area contributed by atoms with Gasteiger partial charge in [0.2, 0.25) is 29.8 Å². The molecule has 10 fully saturated rings. The van der Waals surface area contributed by atoms with Crippen LogP contribution < -0.4 is 15.5 Å². The van der Waals surface area contributed by atoms with Crippen molar-refractivity contribution in [3.8, 4) is 0 Å². The molecule has 15 atom stereocenters. The largest absolute Gasteiger partial charge is 0.420 e. The maximum absolute atomic E-state index is 13.3. The van der Waals surface area contributed by atoms with Gasteiger partial charge in [-0.05, 0) is 164 Å². The molecule has 3 aliphatic carbocycles. The van der Waals surface area contributed by atoms with E-state index >= 15 is 0 Å². The highest BCUT2D eigenvalue weighted by Crippen LogP contribution is 2.65.